The molecule has 3 rings (SSSR count). The van der Waals surface area contributed by atoms with E-state index in [1.807, 2.05) is 56.3 Å². The highest BCUT2D eigenvalue weighted by atomic mass is 32.2. The second-order valence-electron chi connectivity index (χ2n) is 6.54. The molecular formula is C22H22N2O2S2. The van der Waals surface area contributed by atoms with Crippen LogP contribution in [0.2, 0.25) is 0 Å². The van der Waals surface area contributed by atoms with Gasteiger partial charge < -0.3 is 10.6 Å². The summed E-state index contributed by atoms with van der Waals surface area (Å²) >= 11 is 3.36. The fourth-order valence-corrected chi connectivity index (χ4v) is 4.31. The van der Waals surface area contributed by atoms with Gasteiger partial charge in [-0.1, -0.05) is 38.1 Å². The molecule has 0 radical (unpaired) electrons. The van der Waals surface area contributed by atoms with Crippen LogP contribution in [0, 0.1) is 5.92 Å². The second-order valence-corrected chi connectivity index (χ2v) is 8.59. The fourth-order valence-electron chi connectivity index (χ4n) is 2.48. The van der Waals surface area contributed by atoms with Crippen molar-refractivity contribution in [2.45, 2.75) is 24.5 Å². The zero-order chi connectivity index (χ0) is 19.9. The smallest absolute Gasteiger partial charge is 0.256 e. The Hall–Kier alpha value is -2.57. The maximum Gasteiger partial charge on any atom is 0.256 e. The van der Waals surface area contributed by atoms with Crippen molar-refractivity contribution in [3.8, 4) is 0 Å². The third kappa shape index (κ3) is 5.47. The summed E-state index contributed by atoms with van der Waals surface area (Å²) in [7, 11) is 0. The monoisotopic (exact) mass is 410 g/mol. The van der Waals surface area contributed by atoms with E-state index in [-0.39, 0.29) is 17.7 Å². The number of nitrogens with one attached hydrogen (secondary N) is 2. The number of hydrogen-bond donors (Lipinski definition) is 2. The molecule has 28 heavy (non-hydrogen) atoms. The molecule has 0 aliphatic rings. The van der Waals surface area contributed by atoms with Crippen LogP contribution < -0.4 is 10.6 Å². The average Bonchev–Trinajstić information content (AvgIpc) is 3.20. The van der Waals surface area contributed by atoms with Crippen LogP contribution in [0.5, 0.6) is 0 Å². The maximum atomic E-state index is 12.8. The molecular weight excluding hydrogens is 388 g/mol. The van der Waals surface area contributed by atoms with Crippen LogP contribution in [0.25, 0.3) is 0 Å². The van der Waals surface area contributed by atoms with Crippen molar-refractivity contribution in [2.24, 2.45) is 5.92 Å². The molecule has 0 atom stereocenters. The van der Waals surface area contributed by atoms with Crippen LogP contribution in [0.15, 0.2) is 70.9 Å². The van der Waals surface area contributed by atoms with Gasteiger partial charge in [-0.2, -0.15) is 0 Å². The molecule has 3 aromatic rings. The Morgan fingerprint density at radius 1 is 0.964 bits per heavy atom. The van der Waals surface area contributed by atoms with Crippen LogP contribution in [0.4, 0.5) is 11.4 Å². The molecule has 0 fully saturated rings. The lowest BCUT2D eigenvalue weighted by Gasteiger charge is -2.12. The summed E-state index contributed by atoms with van der Waals surface area (Å²) in [5.74, 6) is 0.504. The van der Waals surface area contributed by atoms with Crippen molar-refractivity contribution in [3.63, 3.8) is 0 Å². The first-order valence-corrected chi connectivity index (χ1v) is 10.9. The molecule has 0 unspecified atom stereocenters. The Labute approximate surface area is 173 Å². The minimum absolute atomic E-state index is 0.0567. The van der Waals surface area contributed by atoms with E-state index >= 15 is 0 Å². The van der Waals surface area contributed by atoms with E-state index in [4.69, 9.17) is 0 Å². The minimum Gasteiger partial charge on any atom is -0.326 e. The van der Waals surface area contributed by atoms with Crippen molar-refractivity contribution in [3.05, 3.63) is 76.5 Å². The highest BCUT2D eigenvalue weighted by molar-refractivity contribution is 7.98. The van der Waals surface area contributed by atoms with E-state index in [0.717, 1.165) is 10.6 Å². The Bertz CT molecular complexity index is 953. The number of anilines is 2. The fraction of sp³-hybridized carbons (Fsp3) is 0.182. The molecule has 2 amide bonds. The minimum atomic E-state index is -0.165. The van der Waals surface area contributed by atoms with Crippen molar-refractivity contribution >= 4 is 46.3 Å². The molecule has 0 aliphatic carbocycles. The summed E-state index contributed by atoms with van der Waals surface area (Å²) in [6.07, 6.45) is 0. The lowest BCUT2D eigenvalue weighted by atomic mass is 10.2. The maximum absolute atomic E-state index is 12.8. The molecule has 1 heterocycles. The Morgan fingerprint density at radius 2 is 1.71 bits per heavy atom. The van der Waals surface area contributed by atoms with Gasteiger partial charge in [-0.25, -0.2) is 0 Å². The van der Waals surface area contributed by atoms with Gasteiger partial charge in [0.2, 0.25) is 5.91 Å². The van der Waals surface area contributed by atoms with Crippen LogP contribution in [0.3, 0.4) is 0 Å². The van der Waals surface area contributed by atoms with Gasteiger partial charge in [0.1, 0.15) is 0 Å². The van der Waals surface area contributed by atoms with Gasteiger partial charge in [-0.3, -0.25) is 9.59 Å². The molecule has 0 saturated carbocycles. The molecule has 4 nitrogen and oxygen atoms in total. The number of rotatable bonds is 7. The molecule has 0 saturated heterocycles. The number of carbonyl (C=O) groups excluding carboxylic acids is 2. The standard InChI is InChI=1S/C22H22N2O2S2/c1-15(2)21(25)23-16-7-5-8-17(13-16)24-22(26)19-10-3-4-11-20(19)28-14-18-9-6-12-27-18/h3-13,15H,14H2,1-2H3,(H,23,25)(H,24,26). The highest BCUT2D eigenvalue weighted by Gasteiger charge is 2.13. The van der Waals surface area contributed by atoms with Gasteiger partial charge in [0.15, 0.2) is 0 Å². The van der Waals surface area contributed by atoms with Gasteiger partial charge in [-0.15, -0.1) is 23.1 Å². The van der Waals surface area contributed by atoms with Gasteiger partial charge in [0.25, 0.3) is 5.91 Å². The SMILES string of the molecule is CC(C)C(=O)Nc1cccc(NC(=O)c2ccccc2SCc2cccs2)c1. The van der Waals surface area contributed by atoms with E-state index in [1.54, 1.807) is 35.2 Å². The largest absolute Gasteiger partial charge is 0.326 e. The summed E-state index contributed by atoms with van der Waals surface area (Å²) in [5, 5.41) is 7.84. The van der Waals surface area contributed by atoms with Crippen LogP contribution in [-0.2, 0) is 10.5 Å². The van der Waals surface area contributed by atoms with E-state index in [1.165, 1.54) is 4.88 Å². The number of amides is 2. The molecule has 0 bridgehead atoms. The number of thiophene rings is 1. The number of benzene rings is 2. The number of carbonyl (C=O) groups is 2. The summed E-state index contributed by atoms with van der Waals surface area (Å²) < 4.78 is 0. The third-order valence-electron chi connectivity index (χ3n) is 3.99. The zero-order valence-corrected chi connectivity index (χ0v) is 17.4. The summed E-state index contributed by atoms with van der Waals surface area (Å²) in [4.78, 5) is 26.9. The lowest BCUT2D eigenvalue weighted by molar-refractivity contribution is -0.118. The van der Waals surface area contributed by atoms with Crippen molar-refractivity contribution in [2.75, 3.05) is 10.6 Å². The van der Waals surface area contributed by atoms with Gasteiger partial charge in [0, 0.05) is 32.8 Å². The quantitative estimate of drug-likeness (QED) is 0.478. The Morgan fingerprint density at radius 3 is 2.43 bits per heavy atom. The van der Waals surface area contributed by atoms with Gasteiger partial charge in [0.05, 0.1) is 5.56 Å². The third-order valence-corrected chi connectivity index (χ3v) is 6.18. The molecule has 2 aromatic carbocycles. The summed E-state index contributed by atoms with van der Waals surface area (Å²) in [6.45, 7) is 3.68. The van der Waals surface area contributed by atoms with E-state index < -0.39 is 0 Å². The van der Waals surface area contributed by atoms with E-state index in [9.17, 15) is 9.59 Å². The Balaban J connectivity index is 1.70. The Kier molecular flexibility index (Phi) is 6.90. The average molecular weight is 411 g/mol. The highest BCUT2D eigenvalue weighted by Crippen LogP contribution is 2.28. The van der Waals surface area contributed by atoms with E-state index in [0.29, 0.717) is 16.9 Å². The molecule has 0 spiro atoms. The van der Waals surface area contributed by atoms with Crippen molar-refractivity contribution in [1.29, 1.82) is 0 Å². The number of thioether (sulfide) groups is 1. The molecule has 144 valence electrons. The van der Waals surface area contributed by atoms with Gasteiger partial charge in [-0.05, 0) is 41.8 Å². The first-order chi connectivity index (χ1) is 13.5. The predicted molar refractivity (Wildman–Crippen MR) is 118 cm³/mol. The van der Waals surface area contributed by atoms with Crippen LogP contribution >= 0.6 is 23.1 Å². The normalized spacial score (nSPS) is 10.7. The first-order valence-electron chi connectivity index (χ1n) is 8.99. The second kappa shape index (κ2) is 9.57. The molecule has 2 N–H and O–H groups in total. The molecule has 1 aromatic heterocycles. The topological polar surface area (TPSA) is 58.2 Å². The zero-order valence-electron chi connectivity index (χ0n) is 15.8. The summed E-state index contributed by atoms with van der Waals surface area (Å²) in [6, 6.07) is 18.9. The molecule has 6 heteroatoms. The van der Waals surface area contributed by atoms with Crippen molar-refractivity contribution in [1.82, 2.24) is 0 Å². The molecule has 0 aliphatic heterocycles. The van der Waals surface area contributed by atoms with Crippen LogP contribution in [0.1, 0.15) is 29.1 Å². The first kappa shape index (κ1) is 20.2. The van der Waals surface area contributed by atoms with E-state index in [2.05, 4.69) is 22.1 Å². The van der Waals surface area contributed by atoms with Gasteiger partial charge >= 0.3 is 0 Å². The number of hydrogen-bond acceptors (Lipinski definition) is 4. The van der Waals surface area contributed by atoms with Crippen LogP contribution in [-0.4, -0.2) is 11.8 Å². The lowest BCUT2D eigenvalue weighted by Crippen LogP contribution is -2.18. The predicted octanol–water partition coefficient (Wildman–Crippen LogP) is 5.89. The van der Waals surface area contributed by atoms with Crippen molar-refractivity contribution < 1.29 is 9.59 Å². The summed E-state index contributed by atoms with van der Waals surface area (Å²) in [5.41, 5.74) is 1.95.